The molecule has 10 aromatic rings. The maximum absolute atomic E-state index is 2.90. The van der Waals surface area contributed by atoms with E-state index in [4.69, 9.17) is 0 Å². The van der Waals surface area contributed by atoms with Crippen LogP contribution >= 0.6 is 0 Å². The second-order valence-electron chi connectivity index (χ2n) is 26.8. The van der Waals surface area contributed by atoms with Gasteiger partial charge in [-0.3, -0.25) is 0 Å². The van der Waals surface area contributed by atoms with Gasteiger partial charge in [0.25, 0.3) is 0 Å². The van der Waals surface area contributed by atoms with E-state index >= 15 is 0 Å². The average molecular weight is 1090 g/mol. The van der Waals surface area contributed by atoms with Gasteiger partial charge in [-0.05, 0) is 249 Å². The highest BCUT2D eigenvalue weighted by Crippen LogP contribution is 2.73. The summed E-state index contributed by atoms with van der Waals surface area (Å²) in [6, 6.07) is 83.8. The number of fused-ring (bicyclic) bond motifs is 10. The van der Waals surface area contributed by atoms with Crippen molar-refractivity contribution in [2.45, 2.75) is 116 Å². The van der Waals surface area contributed by atoms with Crippen molar-refractivity contribution in [1.29, 1.82) is 0 Å². The van der Waals surface area contributed by atoms with E-state index in [1.54, 1.807) is 22.3 Å². The summed E-state index contributed by atoms with van der Waals surface area (Å²) in [6.07, 6.45) is 11.4. The lowest BCUT2D eigenvalue weighted by atomic mass is 9.42. The molecule has 0 aliphatic heterocycles. The maximum Gasteiger partial charge on any atom is 0.0490 e. The molecule has 7 aliphatic carbocycles. The molecule has 7 aliphatic rings. The maximum atomic E-state index is 2.90. The molecule has 84 heavy (non-hydrogen) atoms. The Morgan fingerprint density at radius 3 is 1.26 bits per heavy atom. The van der Waals surface area contributed by atoms with E-state index in [1.807, 2.05) is 0 Å². The van der Waals surface area contributed by atoms with Gasteiger partial charge in [-0.2, -0.15) is 0 Å². The highest BCUT2D eigenvalue weighted by atomic mass is 15.1. The first-order valence-corrected chi connectivity index (χ1v) is 31.8. The van der Waals surface area contributed by atoms with Crippen LogP contribution < -0.4 is 9.80 Å². The van der Waals surface area contributed by atoms with Crippen LogP contribution in [-0.2, 0) is 16.2 Å². The zero-order chi connectivity index (χ0) is 56.6. The standard InChI is InChI=1S/C82H76N2/c1-7-41-81(42-8-2)73-49-65(84(77-26-18-16-20-53(77)4)63-33-29-59(30-34-63)57-23-13-10-14-24-57)36-38-67(73)70-50-71-69-40-39-68-66-37-35-64(83(76-25-17-15-19-52(76)3)62-31-27-58(28-32-62)56-21-11-9-12-22-56)48-72(66)80(5,6)78(68)79(69)82(75(71)51-74(70)81)60-44-54-43-55(46-60)47-61(82)45-54/h9-40,48-51,54-55,60-61H,7-8,41-47H2,1-6H3. The summed E-state index contributed by atoms with van der Waals surface area (Å²) in [7, 11) is 0. The number of hydrogen-bond acceptors (Lipinski definition) is 2. The number of anilines is 6. The summed E-state index contributed by atoms with van der Waals surface area (Å²) in [5.41, 5.74) is 32.8. The molecule has 4 saturated carbocycles. The van der Waals surface area contributed by atoms with Gasteiger partial charge in [-0.25, -0.2) is 0 Å². The summed E-state index contributed by atoms with van der Waals surface area (Å²) >= 11 is 0. The molecule has 4 bridgehead atoms. The number of nitrogens with zero attached hydrogens (tertiary/aromatic N) is 2. The lowest BCUT2D eigenvalue weighted by Crippen LogP contribution is -2.56. The smallest absolute Gasteiger partial charge is 0.0490 e. The summed E-state index contributed by atoms with van der Waals surface area (Å²) < 4.78 is 0. The predicted octanol–water partition coefficient (Wildman–Crippen LogP) is 22.5. The topological polar surface area (TPSA) is 6.48 Å². The zero-order valence-electron chi connectivity index (χ0n) is 49.9. The second-order valence-corrected chi connectivity index (χ2v) is 26.8. The lowest BCUT2D eigenvalue weighted by molar-refractivity contribution is -0.0404. The molecule has 0 heterocycles. The van der Waals surface area contributed by atoms with Gasteiger partial charge in [0, 0.05) is 50.4 Å². The van der Waals surface area contributed by atoms with Crippen LogP contribution in [0, 0.1) is 37.5 Å². The Balaban J connectivity index is 0.859. The Hall–Kier alpha value is -8.20. The molecular weight excluding hydrogens is 1010 g/mol. The summed E-state index contributed by atoms with van der Waals surface area (Å²) in [6.45, 7) is 14.6. The fraction of sp³-hybridized carbons (Fsp3) is 0.268. The molecule has 2 nitrogen and oxygen atoms in total. The van der Waals surface area contributed by atoms with E-state index in [-0.39, 0.29) is 16.2 Å². The lowest BCUT2D eigenvalue weighted by Gasteiger charge is -2.61. The van der Waals surface area contributed by atoms with Crippen molar-refractivity contribution in [3.8, 4) is 55.6 Å². The number of aryl methyl sites for hydroxylation is 2. The van der Waals surface area contributed by atoms with Crippen LogP contribution in [0.1, 0.15) is 130 Å². The Morgan fingerprint density at radius 2 is 0.762 bits per heavy atom. The Bertz CT molecular complexity index is 4190. The third-order valence-corrected chi connectivity index (χ3v) is 21.9. The quantitative estimate of drug-likeness (QED) is 0.120. The first-order valence-electron chi connectivity index (χ1n) is 31.8. The first kappa shape index (κ1) is 51.4. The van der Waals surface area contributed by atoms with Crippen molar-refractivity contribution in [3.63, 3.8) is 0 Å². The van der Waals surface area contributed by atoms with Crippen LogP contribution in [0.3, 0.4) is 0 Å². The average Bonchev–Trinajstić information content (AvgIpc) is 1.49. The molecule has 0 radical (unpaired) electrons. The molecule has 10 aromatic carbocycles. The van der Waals surface area contributed by atoms with Gasteiger partial charge in [-0.1, -0.05) is 192 Å². The van der Waals surface area contributed by atoms with E-state index in [9.17, 15) is 0 Å². The van der Waals surface area contributed by atoms with Crippen LogP contribution in [-0.4, -0.2) is 0 Å². The summed E-state index contributed by atoms with van der Waals surface area (Å²) in [4.78, 5) is 5.04. The minimum Gasteiger partial charge on any atom is -0.310 e. The van der Waals surface area contributed by atoms with Crippen molar-refractivity contribution >= 4 is 34.1 Å². The number of hydrogen-bond donors (Lipinski definition) is 0. The molecule has 1 spiro atoms. The largest absolute Gasteiger partial charge is 0.310 e. The molecule has 0 saturated heterocycles. The Labute approximate surface area is 498 Å². The molecule has 0 atom stereocenters. The molecule has 4 fully saturated rings. The van der Waals surface area contributed by atoms with Gasteiger partial charge in [0.1, 0.15) is 0 Å². The van der Waals surface area contributed by atoms with Crippen LogP contribution in [0.2, 0.25) is 0 Å². The van der Waals surface area contributed by atoms with Crippen LogP contribution in [0.4, 0.5) is 34.1 Å². The number of benzene rings is 10. The second kappa shape index (κ2) is 19.4. The fourth-order valence-corrected chi connectivity index (χ4v) is 18.7. The summed E-state index contributed by atoms with van der Waals surface area (Å²) in [5, 5.41) is 0. The Kier molecular flexibility index (Phi) is 11.9. The van der Waals surface area contributed by atoms with Gasteiger partial charge in [-0.15, -0.1) is 0 Å². The zero-order valence-corrected chi connectivity index (χ0v) is 49.9. The molecule has 414 valence electrons. The normalized spacial score (nSPS) is 20.9. The third-order valence-electron chi connectivity index (χ3n) is 21.9. The van der Waals surface area contributed by atoms with Gasteiger partial charge >= 0.3 is 0 Å². The fourth-order valence-electron chi connectivity index (χ4n) is 18.7. The van der Waals surface area contributed by atoms with Crippen molar-refractivity contribution in [2.24, 2.45) is 23.7 Å². The van der Waals surface area contributed by atoms with Gasteiger partial charge in [0.05, 0.1) is 0 Å². The van der Waals surface area contributed by atoms with Gasteiger partial charge < -0.3 is 9.80 Å². The van der Waals surface area contributed by atoms with Crippen LogP contribution in [0.25, 0.3) is 55.6 Å². The molecule has 0 N–H and O–H groups in total. The van der Waals surface area contributed by atoms with E-state index < -0.39 is 0 Å². The SMILES string of the molecule is CCCC1(CCC)c2cc(N(c3ccc(-c4ccccc4)cc3)c3ccccc3C)ccc2-c2cc3c(cc21)C1(c2c-3ccc3c2C(C)(C)c2cc(N(c4ccc(-c5ccccc5)cc4)c4ccccc4C)ccc2-3)C2CC3CC(C2)CC1C3. The molecule has 0 aromatic heterocycles. The molecule has 2 heteroatoms. The van der Waals surface area contributed by atoms with Gasteiger partial charge in [0.2, 0.25) is 0 Å². The van der Waals surface area contributed by atoms with E-state index in [2.05, 4.69) is 270 Å². The van der Waals surface area contributed by atoms with E-state index in [0.29, 0.717) is 11.8 Å². The predicted molar refractivity (Wildman–Crippen MR) is 353 cm³/mol. The minimum absolute atomic E-state index is 0.0219. The number of rotatable bonds is 12. The third kappa shape index (κ3) is 7.47. The minimum atomic E-state index is -0.227. The highest BCUT2D eigenvalue weighted by molar-refractivity contribution is 5.97. The van der Waals surface area contributed by atoms with Crippen molar-refractivity contribution < 1.29 is 0 Å². The van der Waals surface area contributed by atoms with Crippen molar-refractivity contribution in [3.05, 3.63) is 263 Å². The summed E-state index contributed by atoms with van der Waals surface area (Å²) in [5.74, 6) is 2.99. The molecular formula is C82H76N2. The number of para-hydroxylation sites is 2. The highest BCUT2D eigenvalue weighted by Gasteiger charge is 2.64. The molecule has 0 amide bonds. The molecule has 17 rings (SSSR count). The Morgan fingerprint density at radius 1 is 0.357 bits per heavy atom. The van der Waals surface area contributed by atoms with Crippen molar-refractivity contribution in [2.75, 3.05) is 9.80 Å². The van der Waals surface area contributed by atoms with Crippen LogP contribution in [0.15, 0.2) is 218 Å². The monoisotopic (exact) mass is 1090 g/mol. The molecule has 0 unspecified atom stereocenters. The van der Waals surface area contributed by atoms with Crippen molar-refractivity contribution in [1.82, 2.24) is 0 Å². The van der Waals surface area contributed by atoms with E-state index in [1.165, 1.54) is 144 Å². The van der Waals surface area contributed by atoms with Crippen LogP contribution in [0.5, 0.6) is 0 Å². The van der Waals surface area contributed by atoms with Gasteiger partial charge in [0.15, 0.2) is 0 Å². The van der Waals surface area contributed by atoms with E-state index in [0.717, 1.165) is 37.5 Å². The first-order chi connectivity index (χ1) is 41.1.